The number of ketones is 2. The van der Waals surface area contributed by atoms with Gasteiger partial charge < -0.3 is 26.2 Å². The molecule has 0 aliphatic heterocycles. The molecular weight excluding hydrogens is 521 g/mol. The first-order valence-electron chi connectivity index (χ1n) is 13.4. The number of carbonyl (C=O) groups is 3. The van der Waals surface area contributed by atoms with Crippen LogP contribution in [0.25, 0.3) is 0 Å². The van der Waals surface area contributed by atoms with Gasteiger partial charge in [-0.05, 0) is 78.6 Å². The fourth-order valence-electron chi connectivity index (χ4n) is 7.03. The van der Waals surface area contributed by atoms with Crippen molar-refractivity contribution in [2.45, 2.75) is 63.3 Å². The maximum Gasteiger partial charge on any atom is 0.255 e. The van der Waals surface area contributed by atoms with E-state index in [4.69, 9.17) is 5.73 Å². The number of likely N-dealkylation sites (N-methyl/N-ethyl adjacent to an activating group) is 1. The molecule has 1 amide bonds. The van der Waals surface area contributed by atoms with Crippen LogP contribution in [0.1, 0.15) is 54.6 Å². The van der Waals surface area contributed by atoms with E-state index in [9.17, 15) is 34.8 Å². The first-order chi connectivity index (χ1) is 18.5. The van der Waals surface area contributed by atoms with E-state index in [1.807, 2.05) is 11.9 Å². The number of phenolic OH excluding ortho intramolecular Hbond substituents is 1. The molecule has 0 heterocycles. The monoisotopic (exact) mass is 557 g/mol. The third-order valence-corrected chi connectivity index (χ3v) is 9.70. The van der Waals surface area contributed by atoms with Crippen LogP contribution in [0, 0.1) is 23.6 Å². The summed E-state index contributed by atoms with van der Waals surface area (Å²) in [6, 6.07) is 0.108. The molecule has 0 radical (unpaired) electrons. The van der Waals surface area contributed by atoms with Gasteiger partial charge in [-0.3, -0.25) is 24.2 Å². The molecule has 10 nitrogen and oxygen atoms in total. The van der Waals surface area contributed by atoms with Gasteiger partial charge in [-0.15, -0.1) is 0 Å². The number of phenols is 1. The van der Waals surface area contributed by atoms with Crippen LogP contribution in [0.5, 0.6) is 5.75 Å². The number of aliphatic hydroxyl groups is 3. The van der Waals surface area contributed by atoms with Crippen LogP contribution >= 0.6 is 0 Å². The van der Waals surface area contributed by atoms with Crippen molar-refractivity contribution in [2.75, 3.05) is 21.1 Å². The molecule has 4 atom stereocenters. The number of nitrogens with two attached hydrogens (primary N) is 1. The molecule has 0 unspecified atom stereocenters. The van der Waals surface area contributed by atoms with Crippen LogP contribution in [-0.2, 0) is 22.6 Å². The first kappa shape index (κ1) is 28.3. The van der Waals surface area contributed by atoms with Gasteiger partial charge in [0.1, 0.15) is 28.7 Å². The van der Waals surface area contributed by atoms with Crippen LogP contribution in [0.3, 0.4) is 0 Å². The Hall–Kier alpha value is -3.28. The molecule has 1 fully saturated rings. The molecule has 1 saturated carbocycles. The summed E-state index contributed by atoms with van der Waals surface area (Å²) >= 11 is 0. The van der Waals surface area contributed by atoms with Crippen molar-refractivity contribution in [1.82, 2.24) is 9.80 Å². The summed E-state index contributed by atoms with van der Waals surface area (Å²) < 4.78 is 16.0. The Balaban J connectivity index is 1.61. The van der Waals surface area contributed by atoms with Gasteiger partial charge in [0.15, 0.2) is 11.4 Å². The summed E-state index contributed by atoms with van der Waals surface area (Å²) in [4.78, 5) is 42.6. The average molecular weight is 558 g/mol. The van der Waals surface area contributed by atoms with Crippen LogP contribution in [-0.4, -0.2) is 86.0 Å². The van der Waals surface area contributed by atoms with Gasteiger partial charge in [0.25, 0.3) is 5.91 Å². The molecule has 1 aromatic carbocycles. The number of allylic oxidation sites excluding steroid dienone is 1. The van der Waals surface area contributed by atoms with Crippen molar-refractivity contribution in [2.24, 2.45) is 23.5 Å². The number of halogens is 1. The second kappa shape index (κ2) is 9.12. The normalized spacial score (nSPS) is 28.7. The Kier molecular flexibility index (Phi) is 6.44. The third-order valence-electron chi connectivity index (χ3n) is 9.70. The number of carbonyl (C=O) groups excluding carboxylic acids is 3. The largest absolute Gasteiger partial charge is 0.510 e. The second-order valence-electron chi connectivity index (χ2n) is 12.5. The van der Waals surface area contributed by atoms with Gasteiger partial charge in [0, 0.05) is 34.7 Å². The minimum absolute atomic E-state index is 0.00532. The lowest BCUT2D eigenvalue weighted by Crippen LogP contribution is -2.63. The van der Waals surface area contributed by atoms with Crippen molar-refractivity contribution < 1.29 is 39.2 Å². The number of hydrogen-bond donors (Lipinski definition) is 5. The molecular formula is C29H36FN3O7. The first-order valence-corrected chi connectivity index (χ1v) is 13.4. The zero-order valence-electron chi connectivity index (χ0n) is 23.3. The molecule has 0 spiro atoms. The van der Waals surface area contributed by atoms with Crippen LogP contribution < -0.4 is 5.73 Å². The highest BCUT2D eigenvalue weighted by Gasteiger charge is 2.63. The lowest BCUT2D eigenvalue weighted by atomic mass is 9.58. The predicted octanol–water partition coefficient (Wildman–Crippen LogP) is 1.88. The quantitative estimate of drug-likeness (QED) is 0.329. The number of fused-ring (bicyclic) bond motifs is 3. The number of aromatic hydroxyl groups is 1. The van der Waals surface area contributed by atoms with Gasteiger partial charge in [-0.25, -0.2) is 4.39 Å². The smallest absolute Gasteiger partial charge is 0.255 e. The molecule has 0 bridgehead atoms. The van der Waals surface area contributed by atoms with E-state index in [0.717, 1.165) is 12.8 Å². The molecule has 1 aromatic rings. The molecule has 0 saturated heterocycles. The minimum atomic E-state index is -2.73. The Morgan fingerprint density at radius 1 is 1.18 bits per heavy atom. The van der Waals surface area contributed by atoms with Gasteiger partial charge in [0.2, 0.25) is 5.78 Å². The van der Waals surface area contributed by atoms with Gasteiger partial charge in [0.05, 0.1) is 11.6 Å². The molecule has 11 heteroatoms. The maximum absolute atomic E-state index is 16.0. The molecule has 5 rings (SSSR count). The lowest BCUT2D eigenvalue weighted by molar-refractivity contribution is -0.148. The van der Waals surface area contributed by atoms with Crippen molar-refractivity contribution in [1.29, 1.82) is 0 Å². The second-order valence-corrected chi connectivity index (χ2v) is 12.5. The number of primary amides is 1. The van der Waals surface area contributed by atoms with E-state index < -0.39 is 69.6 Å². The van der Waals surface area contributed by atoms with E-state index >= 15 is 4.39 Å². The van der Waals surface area contributed by atoms with Crippen molar-refractivity contribution >= 4 is 17.5 Å². The highest BCUT2D eigenvalue weighted by molar-refractivity contribution is 6.24. The molecule has 4 aliphatic rings. The molecule has 40 heavy (non-hydrogen) atoms. The minimum Gasteiger partial charge on any atom is -0.510 e. The third kappa shape index (κ3) is 3.82. The average Bonchev–Trinajstić information content (AvgIpc) is 3.70. The Morgan fingerprint density at radius 3 is 2.35 bits per heavy atom. The SMILES string of the molecule is CN(C)[C@@H]1C(O)=C(C(N)=O)C(=O)[C@@]2(O)C(O)=C3C(=O)c4c(O)cc(CN(C)C(C)(C)C5CC5)c(F)c4C[C@H]3C[C@@H]12. The number of amides is 1. The molecule has 4 aliphatic carbocycles. The standard InChI is InChI=1S/C29H36FN3O7/c1-28(2,14-6-7-14)33(5)11-13-10-17(34)19-15(21(13)30)8-12-9-16-22(32(3)4)24(36)20(27(31)39)26(38)29(16,40)25(37)18(12)23(19)35/h10,12,14,16,22,34,36-37,40H,6-9,11H2,1-5H3,(H2,31,39)/t12-,16-,22-,29-/m0/s1. The number of nitrogens with zero attached hydrogens (tertiary/aromatic N) is 2. The van der Waals surface area contributed by atoms with Crippen molar-refractivity contribution in [3.05, 3.63) is 51.2 Å². The summed E-state index contributed by atoms with van der Waals surface area (Å²) in [6.07, 6.45) is 2.02. The number of Topliss-reactive ketones (excluding diaryl/α,β-unsaturated/α-hetero) is 2. The summed E-state index contributed by atoms with van der Waals surface area (Å²) in [7, 11) is 5.00. The van der Waals surface area contributed by atoms with E-state index in [1.165, 1.54) is 11.0 Å². The Labute approximate surface area is 231 Å². The highest BCUT2D eigenvalue weighted by Crippen LogP contribution is 2.52. The van der Waals surface area contributed by atoms with Crippen LogP contribution in [0.15, 0.2) is 28.7 Å². The zero-order chi connectivity index (χ0) is 29.6. The zero-order valence-corrected chi connectivity index (χ0v) is 23.3. The lowest BCUT2D eigenvalue weighted by Gasteiger charge is -2.50. The van der Waals surface area contributed by atoms with E-state index in [-0.39, 0.29) is 47.2 Å². The van der Waals surface area contributed by atoms with Gasteiger partial charge >= 0.3 is 0 Å². The fourth-order valence-corrected chi connectivity index (χ4v) is 7.03. The number of benzene rings is 1. The summed E-state index contributed by atoms with van der Waals surface area (Å²) in [5, 5.41) is 44.7. The number of rotatable bonds is 6. The van der Waals surface area contributed by atoms with E-state index in [1.54, 1.807) is 14.1 Å². The summed E-state index contributed by atoms with van der Waals surface area (Å²) in [5.41, 5.74) is 1.16. The Bertz CT molecular complexity index is 1410. The molecule has 216 valence electrons. The summed E-state index contributed by atoms with van der Waals surface area (Å²) in [6.45, 7) is 4.39. The van der Waals surface area contributed by atoms with Crippen molar-refractivity contribution in [3.63, 3.8) is 0 Å². The Morgan fingerprint density at radius 2 is 1.80 bits per heavy atom. The highest BCUT2D eigenvalue weighted by atomic mass is 19.1. The topological polar surface area (TPSA) is 165 Å². The maximum atomic E-state index is 16.0. The molecule has 6 N–H and O–H groups in total. The van der Waals surface area contributed by atoms with E-state index in [2.05, 4.69) is 13.8 Å². The van der Waals surface area contributed by atoms with Gasteiger partial charge in [-0.2, -0.15) is 0 Å². The summed E-state index contributed by atoms with van der Waals surface area (Å²) in [5.74, 6) is -7.70. The van der Waals surface area contributed by atoms with Gasteiger partial charge in [-0.1, -0.05) is 0 Å². The number of aliphatic hydroxyl groups excluding tert-OH is 2. The fraction of sp³-hybridized carbons (Fsp3) is 0.552. The predicted molar refractivity (Wildman–Crippen MR) is 142 cm³/mol. The van der Waals surface area contributed by atoms with Crippen molar-refractivity contribution in [3.8, 4) is 5.75 Å². The van der Waals surface area contributed by atoms with E-state index in [0.29, 0.717) is 5.92 Å². The van der Waals surface area contributed by atoms with Crippen LogP contribution in [0.2, 0.25) is 0 Å². The van der Waals surface area contributed by atoms with Crippen LogP contribution in [0.4, 0.5) is 4.39 Å². The molecule has 0 aromatic heterocycles. The number of hydrogen-bond acceptors (Lipinski definition) is 9.